The third-order valence-electron chi connectivity index (χ3n) is 4.17. The average Bonchev–Trinajstić information content (AvgIpc) is 2.53. The molecule has 0 N–H and O–H groups in total. The Hall–Kier alpha value is -2.20. The van der Waals surface area contributed by atoms with Crippen molar-refractivity contribution in [2.45, 2.75) is 12.5 Å². The predicted octanol–water partition coefficient (Wildman–Crippen LogP) is 3.48. The third-order valence-corrected chi connectivity index (χ3v) is 4.17. The van der Waals surface area contributed by atoms with Gasteiger partial charge in [-0.3, -0.25) is 4.79 Å². The van der Waals surface area contributed by atoms with Crippen molar-refractivity contribution in [1.29, 1.82) is 0 Å². The van der Waals surface area contributed by atoms with Crippen molar-refractivity contribution in [2.75, 3.05) is 25.5 Å². The molecule has 0 aromatic heterocycles. The van der Waals surface area contributed by atoms with Gasteiger partial charge in [0.25, 0.3) is 5.91 Å². The first kappa shape index (κ1) is 14.7. The molecule has 0 bridgehead atoms. The lowest BCUT2D eigenvalue weighted by atomic mass is 9.95. The molecule has 3 rings (SSSR count). The number of anilines is 1. The molecule has 3 nitrogen and oxygen atoms in total. The van der Waals surface area contributed by atoms with Gasteiger partial charge in [0.1, 0.15) is 5.82 Å². The van der Waals surface area contributed by atoms with Crippen LogP contribution in [0.25, 0.3) is 0 Å². The Morgan fingerprint density at radius 1 is 1.14 bits per heavy atom. The third kappa shape index (κ3) is 2.62. The summed E-state index contributed by atoms with van der Waals surface area (Å²) in [6, 6.07) is 14.0. The monoisotopic (exact) mass is 298 g/mol. The fraction of sp³-hybridized carbons (Fsp3) is 0.278. The summed E-state index contributed by atoms with van der Waals surface area (Å²) in [6.07, 6.45) is 0.886. The van der Waals surface area contributed by atoms with E-state index in [-0.39, 0.29) is 11.7 Å². The minimum atomic E-state index is -0.330. The fourth-order valence-corrected chi connectivity index (χ4v) is 3.04. The molecule has 0 saturated heterocycles. The molecule has 0 radical (unpaired) electrons. The van der Waals surface area contributed by atoms with Crippen molar-refractivity contribution in [3.05, 3.63) is 65.5 Å². The number of carbonyl (C=O) groups excluding carboxylic acids is 1. The van der Waals surface area contributed by atoms with E-state index in [4.69, 9.17) is 0 Å². The largest absolute Gasteiger partial charge is 0.308 e. The highest BCUT2D eigenvalue weighted by atomic mass is 19.1. The van der Waals surface area contributed by atoms with E-state index >= 15 is 0 Å². The smallest absolute Gasteiger partial charge is 0.258 e. The molecule has 2 aromatic carbocycles. The van der Waals surface area contributed by atoms with Gasteiger partial charge in [-0.25, -0.2) is 4.39 Å². The first-order chi connectivity index (χ1) is 10.6. The molecule has 2 aromatic rings. The summed E-state index contributed by atoms with van der Waals surface area (Å²) in [7, 11) is 4.11. The van der Waals surface area contributed by atoms with Gasteiger partial charge >= 0.3 is 0 Å². The molecule has 114 valence electrons. The Kier molecular flexibility index (Phi) is 3.94. The zero-order valence-corrected chi connectivity index (χ0v) is 12.8. The van der Waals surface area contributed by atoms with Crippen molar-refractivity contribution < 1.29 is 9.18 Å². The molecule has 1 aliphatic rings. The quantitative estimate of drug-likeness (QED) is 0.847. The molecule has 0 saturated carbocycles. The first-order valence-corrected chi connectivity index (χ1v) is 7.40. The summed E-state index contributed by atoms with van der Waals surface area (Å²) in [5.41, 5.74) is 2.62. The van der Waals surface area contributed by atoms with Gasteiger partial charge in [0, 0.05) is 23.8 Å². The van der Waals surface area contributed by atoms with Crippen molar-refractivity contribution in [1.82, 2.24) is 4.90 Å². The van der Waals surface area contributed by atoms with Crippen LogP contribution < -0.4 is 4.90 Å². The van der Waals surface area contributed by atoms with E-state index in [9.17, 15) is 9.18 Å². The van der Waals surface area contributed by atoms with Gasteiger partial charge in [-0.05, 0) is 56.4 Å². The average molecular weight is 298 g/mol. The predicted molar refractivity (Wildman–Crippen MR) is 85.6 cm³/mol. The van der Waals surface area contributed by atoms with Gasteiger partial charge in [0.2, 0.25) is 0 Å². The molecule has 0 fully saturated rings. The van der Waals surface area contributed by atoms with Gasteiger partial charge in [-0.2, -0.15) is 0 Å². The van der Waals surface area contributed by atoms with E-state index in [1.54, 1.807) is 4.90 Å². The van der Waals surface area contributed by atoms with Crippen molar-refractivity contribution >= 4 is 11.6 Å². The highest BCUT2D eigenvalue weighted by Gasteiger charge is 2.29. The van der Waals surface area contributed by atoms with Crippen LogP contribution in [-0.4, -0.2) is 31.4 Å². The Morgan fingerprint density at radius 2 is 1.82 bits per heavy atom. The minimum absolute atomic E-state index is 0.0790. The number of rotatable bonds is 2. The van der Waals surface area contributed by atoms with Crippen LogP contribution in [0, 0.1) is 5.82 Å². The summed E-state index contributed by atoms with van der Waals surface area (Å²) in [5, 5.41) is 0. The Morgan fingerprint density at radius 3 is 2.50 bits per heavy atom. The van der Waals surface area contributed by atoms with Crippen molar-refractivity contribution in [3.8, 4) is 0 Å². The van der Waals surface area contributed by atoms with Gasteiger partial charge in [0.05, 0.1) is 0 Å². The van der Waals surface area contributed by atoms with E-state index in [0.717, 1.165) is 17.7 Å². The van der Waals surface area contributed by atoms with Crippen molar-refractivity contribution in [3.63, 3.8) is 0 Å². The van der Waals surface area contributed by atoms with Crippen LogP contribution in [0.3, 0.4) is 0 Å². The lowest BCUT2D eigenvalue weighted by molar-refractivity contribution is 0.0980. The van der Waals surface area contributed by atoms with Gasteiger partial charge in [0.15, 0.2) is 0 Å². The zero-order chi connectivity index (χ0) is 15.7. The van der Waals surface area contributed by atoms with Crippen LogP contribution in [-0.2, 0) is 0 Å². The van der Waals surface area contributed by atoms with Crippen molar-refractivity contribution in [2.24, 2.45) is 0 Å². The van der Waals surface area contributed by atoms with Crippen LogP contribution in [0.5, 0.6) is 0 Å². The van der Waals surface area contributed by atoms with Crippen LogP contribution in [0.15, 0.2) is 48.5 Å². The second kappa shape index (κ2) is 5.89. The normalized spacial score (nSPS) is 17.5. The van der Waals surface area contributed by atoms with Crippen LogP contribution >= 0.6 is 0 Å². The number of benzene rings is 2. The van der Waals surface area contributed by atoms with E-state index in [1.165, 1.54) is 24.3 Å². The number of hydrogen-bond donors (Lipinski definition) is 0. The number of para-hydroxylation sites is 1. The molecular weight excluding hydrogens is 279 g/mol. The van der Waals surface area contributed by atoms with Crippen LogP contribution in [0.1, 0.15) is 28.4 Å². The van der Waals surface area contributed by atoms with E-state index in [2.05, 4.69) is 25.1 Å². The number of amides is 1. The maximum atomic E-state index is 13.0. The van der Waals surface area contributed by atoms with Gasteiger partial charge in [-0.15, -0.1) is 0 Å². The van der Waals surface area contributed by atoms with E-state index < -0.39 is 0 Å². The van der Waals surface area contributed by atoms with Gasteiger partial charge in [-0.1, -0.05) is 18.2 Å². The Balaban J connectivity index is 1.96. The number of halogens is 1. The maximum Gasteiger partial charge on any atom is 0.258 e. The highest BCUT2D eigenvalue weighted by molar-refractivity contribution is 6.06. The molecule has 1 unspecified atom stereocenters. The summed E-state index contributed by atoms with van der Waals surface area (Å²) in [6.45, 7) is 0.663. The molecule has 4 heteroatoms. The molecular formula is C18H19FN2O. The molecule has 1 aliphatic heterocycles. The molecule has 1 amide bonds. The Labute approximate surface area is 130 Å². The lowest BCUT2D eigenvalue weighted by Gasteiger charge is -2.37. The molecule has 1 heterocycles. The lowest BCUT2D eigenvalue weighted by Crippen LogP contribution is -2.39. The second-order valence-corrected chi connectivity index (χ2v) is 5.79. The van der Waals surface area contributed by atoms with E-state index in [0.29, 0.717) is 18.2 Å². The number of nitrogens with zero attached hydrogens (tertiary/aromatic N) is 2. The number of carbonyl (C=O) groups is 1. The second-order valence-electron chi connectivity index (χ2n) is 5.79. The highest BCUT2D eigenvalue weighted by Crippen LogP contribution is 2.36. The minimum Gasteiger partial charge on any atom is -0.308 e. The van der Waals surface area contributed by atoms with Gasteiger partial charge < -0.3 is 9.80 Å². The number of fused-ring (bicyclic) bond motifs is 1. The summed E-state index contributed by atoms with van der Waals surface area (Å²) in [5.74, 6) is -0.409. The molecule has 0 aliphatic carbocycles. The molecule has 22 heavy (non-hydrogen) atoms. The zero-order valence-electron chi connectivity index (χ0n) is 12.8. The topological polar surface area (TPSA) is 23.6 Å². The number of hydrogen-bond acceptors (Lipinski definition) is 2. The van der Waals surface area contributed by atoms with E-state index in [1.807, 2.05) is 18.2 Å². The summed E-state index contributed by atoms with van der Waals surface area (Å²) >= 11 is 0. The van der Waals surface area contributed by atoms with Crippen LogP contribution in [0.2, 0.25) is 0 Å². The maximum absolute atomic E-state index is 13.0. The molecule has 0 spiro atoms. The first-order valence-electron chi connectivity index (χ1n) is 7.40. The molecule has 1 atom stereocenters. The Bertz CT molecular complexity index is 682. The van der Waals surface area contributed by atoms with Crippen LogP contribution in [0.4, 0.5) is 10.1 Å². The SMILES string of the molecule is CN(C)C1CCN(C(=O)c2ccc(F)cc2)c2ccccc21. The summed E-state index contributed by atoms with van der Waals surface area (Å²) in [4.78, 5) is 16.7. The fourth-order valence-electron chi connectivity index (χ4n) is 3.04. The standard InChI is InChI=1S/C18H19FN2O/c1-20(2)16-11-12-21(17-6-4-3-5-15(16)17)18(22)13-7-9-14(19)10-8-13/h3-10,16H,11-12H2,1-2H3. The summed E-state index contributed by atoms with van der Waals surface area (Å²) < 4.78 is 13.0.